The molecule has 0 radical (unpaired) electrons. The summed E-state index contributed by atoms with van der Waals surface area (Å²) in [7, 11) is 0. The Balaban J connectivity index is 1.42. The number of hydrogen-bond donors (Lipinski definition) is 1. The van der Waals surface area contributed by atoms with Gasteiger partial charge in [0.05, 0.1) is 16.6 Å². The summed E-state index contributed by atoms with van der Waals surface area (Å²) in [6.45, 7) is 0. The van der Waals surface area contributed by atoms with Crippen LogP contribution < -0.4 is 11.2 Å². The lowest BCUT2D eigenvalue weighted by Gasteiger charge is -2.14. The third-order valence-electron chi connectivity index (χ3n) is 6.91. The van der Waals surface area contributed by atoms with E-state index in [9.17, 15) is 9.59 Å². The SMILES string of the molecule is O=c1[nH]c2cc(-c3c(Cl)cccc3-c3ccc4nccn4c3)ccc2c(=O)n1-c1cccc2ccccc12. The van der Waals surface area contributed by atoms with Gasteiger partial charge >= 0.3 is 5.69 Å². The van der Waals surface area contributed by atoms with Crippen molar-refractivity contribution < 1.29 is 0 Å². The summed E-state index contributed by atoms with van der Waals surface area (Å²) >= 11 is 6.73. The zero-order chi connectivity index (χ0) is 25.8. The van der Waals surface area contributed by atoms with E-state index in [0.29, 0.717) is 21.6 Å². The van der Waals surface area contributed by atoms with Crippen LogP contribution in [0.25, 0.3) is 55.3 Å². The molecule has 7 rings (SSSR count). The Bertz CT molecular complexity index is 2150. The topological polar surface area (TPSA) is 72.2 Å². The number of halogens is 1. The maximum Gasteiger partial charge on any atom is 0.333 e. The number of aromatic amines is 1. The van der Waals surface area contributed by atoms with Crippen molar-refractivity contribution >= 4 is 38.9 Å². The van der Waals surface area contributed by atoms with Crippen molar-refractivity contribution in [2.24, 2.45) is 0 Å². The van der Waals surface area contributed by atoms with Gasteiger partial charge in [0.2, 0.25) is 0 Å². The second kappa shape index (κ2) is 8.57. The van der Waals surface area contributed by atoms with Gasteiger partial charge in [-0.05, 0) is 58.5 Å². The van der Waals surface area contributed by atoms with E-state index in [1.165, 1.54) is 4.57 Å². The molecule has 0 amide bonds. The predicted octanol–water partition coefficient (Wildman–Crippen LogP) is 6.47. The van der Waals surface area contributed by atoms with Crippen LogP contribution in [0.4, 0.5) is 0 Å². The normalized spacial score (nSPS) is 11.5. The molecule has 38 heavy (non-hydrogen) atoms. The zero-order valence-corrected chi connectivity index (χ0v) is 20.7. The monoisotopic (exact) mass is 514 g/mol. The fraction of sp³-hybridized carbons (Fsp3) is 0. The van der Waals surface area contributed by atoms with E-state index >= 15 is 0 Å². The molecule has 0 aliphatic carbocycles. The summed E-state index contributed by atoms with van der Waals surface area (Å²) in [5.74, 6) is 0. The number of H-pyrrole nitrogens is 1. The van der Waals surface area contributed by atoms with Gasteiger partial charge in [-0.15, -0.1) is 0 Å². The molecule has 0 fully saturated rings. The van der Waals surface area contributed by atoms with Gasteiger partial charge in [-0.2, -0.15) is 0 Å². The summed E-state index contributed by atoms with van der Waals surface area (Å²) in [4.78, 5) is 34.1. The number of nitrogens with one attached hydrogen (secondary N) is 1. The third-order valence-corrected chi connectivity index (χ3v) is 7.22. The van der Waals surface area contributed by atoms with Crippen molar-refractivity contribution in [3.63, 3.8) is 0 Å². The minimum atomic E-state index is -0.499. The molecule has 7 heteroatoms. The molecule has 3 heterocycles. The fourth-order valence-electron chi connectivity index (χ4n) is 5.13. The first-order valence-corrected chi connectivity index (χ1v) is 12.5. The van der Waals surface area contributed by atoms with Gasteiger partial charge in [0.1, 0.15) is 5.65 Å². The molecule has 0 aliphatic heterocycles. The Hall–Kier alpha value is -4.94. The van der Waals surface area contributed by atoms with Gasteiger partial charge in [-0.25, -0.2) is 14.3 Å². The van der Waals surface area contributed by atoms with E-state index in [0.717, 1.165) is 38.7 Å². The van der Waals surface area contributed by atoms with Gasteiger partial charge in [-0.1, -0.05) is 66.2 Å². The lowest BCUT2D eigenvalue weighted by Crippen LogP contribution is -2.33. The maximum absolute atomic E-state index is 13.6. The van der Waals surface area contributed by atoms with Crippen molar-refractivity contribution in [2.45, 2.75) is 0 Å². The number of nitrogens with zero attached hydrogens (tertiary/aromatic N) is 3. The number of benzene rings is 4. The molecule has 0 atom stereocenters. The summed E-state index contributed by atoms with van der Waals surface area (Å²) in [6, 6.07) is 28.4. The predicted molar refractivity (Wildman–Crippen MR) is 152 cm³/mol. The van der Waals surface area contributed by atoms with E-state index in [-0.39, 0.29) is 5.56 Å². The molecule has 0 saturated carbocycles. The second-order valence-corrected chi connectivity index (χ2v) is 9.51. The van der Waals surface area contributed by atoms with Gasteiger partial charge in [0.25, 0.3) is 5.56 Å². The first-order chi connectivity index (χ1) is 18.6. The summed E-state index contributed by atoms with van der Waals surface area (Å²) in [5, 5.41) is 2.76. The highest BCUT2D eigenvalue weighted by Crippen LogP contribution is 2.38. The van der Waals surface area contributed by atoms with E-state index in [1.807, 2.05) is 95.7 Å². The molecule has 0 spiro atoms. The van der Waals surface area contributed by atoms with Crippen LogP contribution in [0, 0.1) is 0 Å². The summed E-state index contributed by atoms with van der Waals surface area (Å²) in [5.41, 5.74) is 4.47. The minimum Gasteiger partial charge on any atom is -0.306 e. The molecule has 0 saturated heterocycles. The van der Waals surface area contributed by atoms with Crippen molar-refractivity contribution in [2.75, 3.05) is 0 Å². The Morgan fingerprint density at radius 1 is 0.789 bits per heavy atom. The van der Waals surface area contributed by atoms with E-state index < -0.39 is 5.69 Å². The number of rotatable bonds is 3. The largest absolute Gasteiger partial charge is 0.333 e. The van der Waals surface area contributed by atoms with Gasteiger partial charge in [0.15, 0.2) is 0 Å². The number of pyridine rings is 1. The van der Waals surface area contributed by atoms with Crippen LogP contribution in [0.2, 0.25) is 5.02 Å². The maximum atomic E-state index is 13.6. The smallest absolute Gasteiger partial charge is 0.306 e. The molecule has 182 valence electrons. The number of fused-ring (bicyclic) bond motifs is 3. The highest BCUT2D eigenvalue weighted by Gasteiger charge is 2.16. The van der Waals surface area contributed by atoms with Crippen molar-refractivity contribution in [3.8, 4) is 27.9 Å². The van der Waals surface area contributed by atoms with Crippen LogP contribution in [-0.4, -0.2) is 18.9 Å². The zero-order valence-electron chi connectivity index (χ0n) is 19.9. The molecule has 6 nitrogen and oxygen atoms in total. The van der Waals surface area contributed by atoms with Crippen LogP contribution in [0.3, 0.4) is 0 Å². The molecule has 4 aromatic carbocycles. The first-order valence-electron chi connectivity index (χ1n) is 12.1. The van der Waals surface area contributed by atoms with E-state index in [2.05, 4.69) is 9.97 Å². The molecule has 1 N–H and O–H groups in total. The summed E-state index contributed by atoms with van der Waals surface area (Å²) in [6.07, 6.45) is 5.65. The quantitative estimate of drug-likeness (QED) is 0.294. The second-order valence-electron chi connectivity index (χ2n) is 9.10. The molecule has 3 aromatic heterocycles. The van der Waals surface area contributed by atoms with Crippen molar-refractivity contribution in [3.05, 3.63) is 135 Å². The van der Waals surface area contributed by atoms with Gasteiger partial charge in [0, 0.05) is 34.6 Å². The molecule has 0 aliphatic rings. The average Bonchev–Trinajstić information content (AvgIpc) is 3.41. The molecular weight excluding hydrogens is 496 g/mol. The standard InChI is InChI=1S/C31H19ClN4O2/c32-25-9-4-8-23(21-12-14-28-33-15-16-35(28)18-21)29(25)20-11-13-24-26(17-20)34-31(38)36(30(24)37)27-10-3-6-19-5-1-2-7-22(19)27/h1-18H,(H,34,38). The minimum absolute atomic E-state index is 0.378. The van der Waals surface area contributed by atoms with E-state index in [4.69, 9.17) is 11.6 Å². The number of imidazole rings is 1. The van der Waals surface area contributed by atoms with Crippen molar-refractivity contribution in [1.29, 1.82) is 0 Å². The first kappa shape index (κ1) is 22.3. The third kappa shape index (κ3) is 3.46. The van der Waals surface area contributed by atoms with Crippen LogP contribution in [0.5, 0.6) is 0 Å². The Morgan fingerprint density at radius 2 is 1.61 bits per heavy atom. The molecule has 0 unspecified atom stereocenters. The van der Waals surface area contributed by atoms with Crippen LogP contribution >= 0.6 is 11.6 Å². The Kier molecular flexibility index (Phi) is 5.03. The highest BCUT2D eigenvalue weighted by atomic mass is 35.5. The fourth-order valence-corrected chi connectivity index (χ4v) is 5.42. The van der Waals surface area contributed by atoms with Crippen LogP contribution in [0.1, 0.15) is 0 Å². The Labute approximate surface area is 221 Å². The lowest BCUT2D eigenvalue weighted by molar-refractivity contribution is 0.908. The number of hydrogen-bond acceptors (Lipinski definition) is 3. The summed E-state index contributed by atoms with van der Waals surface area (Å²) < 4.78 is 3.15. The number of aromatic nitrogens is 4. The lowest BCUT2D eigenvalue weighted by atomic mass is 9.94. The van der Waals surface area contributed by atoms with Crippen molar-refractivity contribution in [1.82, 2.24) is 18.9 Å². The molecule has 0 bridgehead atoms. The molecular formula is C31H19ClN4O2. The van der Waals surface area contributed by atoms with E-state index in [1.54, 1.807) is 18.3 Å². The molecule has 7 aromatic rings. The van der Waals surface area contributed by atoms with Gasteiger partial charge in [-0.3, -0.25) is 4.79 Å². The Morgan fingerprint density at radius 3 is 2.53 bits per heavy atom. The highest BCUT2D eigenvalue weighted by molar-refractivity contribution is 6.34. The van der Waals surface area contributed by atoms with Crippen LogP contribution in [0.15, 0.2) is 119 Å². The van der Waals surface area contributed by atoms with Crippen LogP contribution in [-0.2, 0) is 0 Å². The average molecular weight is 515 g/mol. The van der Waals surface area contributed by atoms with Gasteiger partial charge < -0.3 is 9.38 Å².